The number of amides is 3. The maximum absolute atomic E-state index is 13.9. The van der Waals surface area contributed by atoms with Crippen molar-refractivity contribution in [2.75, 3.05) is 48.8 Å². The van der Waals surface area contributed by atoms with Crippen LogP contribution in [0.4, 0.5) is 17.2 Å². The Morgan fingerprint density at radius 1 is 0.927 bits per heavy atom. The second kappa shape index (κ2) is 11.2. The summed E-state index contributed by atoms with van der Waals surface area (Å²) in [5.74, 6) is 0.273. The molecule has 0 bridgehead atoms. The summed E-state index contributed by atoms with van der Waals surface area (Å²) in [5, 5.41) is 2.98. The van der Waals surface area contributed by atoms with E-state index in [1.54, 1.807) is 66.5 Å². The third kappa shape index (κ3) is 5.20. The molecule has 0 spiro atoms. The highest BCUT2D eigenvalue weighted by Crippen LogP contribution is 2.42. The monoisotopic (exact) mass is 565 g/mol. The van der Waals surface area contributed by atoms with E-state index in [0.29, 0.717) is 40.5 Å². The molecule has 41 heavy (non-hydrogen) atoms. The van der Waals surface area contributed by atoms with Crippen LogP contribution in [0.25, 0.3) is 10.4 Å². The Balaban J connectivity index is 1.26. The Kier molecular flexibility index (Phi) is 7.28. The molecule has 2 aromatic carbocycles. The molecule has 208 valence electrons. The van der Waals surface area contributed by atoms with Crippen molar-refractivity contribution in [2.45, 2.75) is 19.3 Å². The van der Waals surface area contributed by atoms with Gasteiger partial charge in [-0.1, -0.05) is 24.3 Å². The number of hydrogen-bond donors (Lipinski definition) is 1. The average molecular weight is 566 g/mol. The van der Waals surface area contributed by atoms with Gasteiger partial charge in [0.05, 0.1) is 16.1 Å². The van der Waals surface area contributed by atoms with E-state index in [4.69, 9.17) is 0 Å². The highest BCUT2D eigenvalue weighted by molar-refractivity contribution is 7.17. The minimum absolute atomic E-state index is 0.0221. The molecule has 4 heterocycles. The fraction of sp³-hybridized carbons (Fsp3) is 0.250. The molecule has 0 unspecified atom stereocenters. The molecular formula is C32H31N5O3S. The Labute approximate surface area is 243 Å². The Bertz CT molecular complexity index is 1640. The van der Waals surface area contributed by atoms with Crippen LogP contribution in [0.2, 0.25) is 0 Å². The van der Waals surface area contributed by atoms with Gasteiger partial charge in [-0.2, -0.15) is 0 Å². The summed E-state index contributed by atoms with van der Waals surface area (Å²) < 4.78 is 0. The molecule has 0 atom stereocenters. The van der Waals surface area contributed by atoms with Gasteiger partial charge >= 0.3 is 0 Å². The number of anilines is 3. The highest BCUT2D eigenvalue weighted by atomic mass is 32.1. The lowest BCUT2D eigenvalue weighted by molar-refractivity contribution is 0.0831. The first kappa shape index (κ1) is 26.7. The molecule has 0 aliphatic carbocycles. The number of aromatic nitrogens is 1. The van der Waals surface area contributed by atoms with E-state index in [1.165, 1.54) is 11.3 Å². The van der Waals surface area contributed by atoms with Gasteiger partial charge in [0.2, 0.25) is 0 Å². The number of carbonyl (C=O) groups is 3. The lowest BCUT2D eigenvalue weighted by Gasteiger charge is -2.23. The molecule has 8 nitrogen and oxygen atoms in total. The van der Waals surface area contributed by atoms with Gasteiger partial charge in [-0.3, -0.25) is 14.4 Å². The van der Waals surface area contributed by atoms with E-state index in [1.807, 2.05) is 30.3 Å². The molecule has 9 heteroatoms. The summed E-state index contributed by atoms with van der Waals surface area (Å²) in [6, 6.07) is 20.4. The lowest BCUT2D eigenvalue weighted by atomic mass is 10.1. The number of thiophene rings is 1. The van der Waals surface area contributed by atoms with Crippen molar-refractivity contribution in [1.29, 1.82) is 0 Å². The van der Waals surface area contributed by atoms with E-state index >= 15 is 0 Å². The molecule has 6 rings (SSSR count). The van der Waals surface area contributed by atoms with Crippen LogP contribution in [0.15, 0.2) is 72.9 Å². The number of nitrogens with zero attached hydrogens (tertiary/aromatic N) is 4. The third-order valence-corrected chi connectivity index (χ3v) is 8.72. The number of rotatable bonds is 5. The molecule has 1 N–H and O–H groups in total. The predicted molar refractivity (Wildman–Crippen MR) is 163 cm³/mol. The molecule has 2 aliphatic rings. The quantitative estimate of drug-likeness (QED) is 0.342. The molecule has 4 aromatic rings. The van der Waals surface area contributed by atoms with Crippen molar-refractivity contribution >= 4 is 46.3 Å². The maximum Gasteiger partial charge on any atom is 0.263 e. The zero-order valence-corrected chi connectivity index (χ0v) is 23.9. The van der Waals surface area contributed by atoms with Gasteiger partial charge in [-0.15, -0.1) is 11.3 Å². The Morgan fingerprint density at radius 2 is 1.73 bits per heavy atom. The first-order valence-corrected chi connectivity index (χ1v) is 14.6. The van der Waals surface area contributed by atoms with Crippen LogP contribution >= 0.6 is 11.3 Å². The van der Waals surface area contributed by atoms with Gasteiger partial charge < -0.3 is 20.0 Å². The summed E-state index contributed by atoms with van der Waals surface area (Å²) in [4.78, 5) is 51.6. The van der Waals surface area contributed by atoms with Crippen LogP contribution in [-0.2, 0) is 6.42 Å². The molecule has 0 radical (unpaired) electrons. The van der Waals surface area contributed by atoms with E-state index in [0.717, 1.165) is 47.6 Å². The first-order chi connectivity index (χ1) is 19.9. The van der Waals surface area contributed by atoms with Gasteiger partial charge in [0.25, 0.3) is 17.7 Å². The summed E-state index contributed by atoms with van der Waals surface area (Å²) in [7, 11) is 3.50. The van der Waals surface area contributed by atoms with Gasteiger partial charge in [0, 0.05) is 61.6 Å². The van der Waals surface area contributed by atoms with Crippen molar-refractivity contribution in [1.82, 2.24) is 9.88 Å². The Morgan fingerprint density at radius 3 is 2.54 bits per heavy atom. The van der Waals surface area contributed by atoms with Gasteiger partial charge in [0.1, 0.15) is 5.82 Å². The molecular weight excluding hydrogens is 534 g/mol. The smallest absolute Gasteiger partial charge is 0.263 e. The fourth-order valence-corrected chi connectivity index (χ4v) is 6.74. The minimum Gasteiger partial charge on any atom is -0.356 e. The maximum atomic E-state index is 13.9. The van der Waals surface area contributed by atoms with Crippen LogP contribution < -0.4 is 15.1 Å². The SMILES string of the molecule is CN(C)C(=O)c1cc2c(s1)-c1ccccc1N(C(=O)c1cccc(NC(=O)c3cccnc3N3CCCC3)c1)CC2. The first-order valence-electron chi connectivity index (χ1n) is 13.8. The zero-order valence-electron chi connectivity index (χ0n) is 23.1. The number of nitrogens with one attached hydrogen (secondary N) is 1. The van der Waals surface area contributed by atoms with Crippen molar-refractivity contribution in [3.8, 4) is 10.4 Å². The predicted octanol–water partition coefficient (Wildman–Crippen LogP) is 5.57. The number of pyridine rings is 1. The molecule has 2 aromatic heterocycles. The van der Waals surface area contributed by atoms with E-state index in [9.17, 15) is 14.4 Å². The van der Waals surface area contributed by atoms with Crippen molar-refractivity contribution < 1.29 is 14.4 Å². The van der Waals surface area contributed by atoms with Crippen molar-refractivity contribution in [3.05, 3.63) is 94.5 Å². The molecule has 3 amide bonds. The van der Waals surface area contributed by atoms with Crippen molar-refractivity contribution in [3.63, 3.8) is 0 Å². The van der Waals surface area contributed by atoms with Crippen LogP contribution in [0, 0.1) is 0 Å². The second-order valence-corrected chi connectivity index (χ2v) is 11.5. The van der Waals surface area contributed by atoms with E-state index in [2.05, 4.69) is 15.2 Å². The normalized spacial score (nSPS) is 14.2. The summed E-state index contributed by atoms with van der Waals surface area (Å²) >= 11 is 1.47. The van der Waals surface area contributed by atoms with Crippen LogP contribution in [0.5, 0.6) is 0 Å². The summed E-state index contributed by atoms with van der Waals surface area (Å²) in [6.07, 6.45) is 4.51. The Hall–Kier alpha value is -4.50. The number of fused-ring (bicyclic) bond motifs is 3. The van der Waals surface area contributed by atoms with E-state index in [-0.39, 0.29) is 17.7 Å². The number of benzene rings is 2. The summed E-state index contributed by atoms with van der Waals surface area (Å²) in [6.45, 7) is 2.25. The minimum atomic E-state index is -0.253. The van der Waals surface area contributed by atoms with Crippen LogP contribution in [-0.4, -0.2) is 61.3 Å². The van der Waals surface area contributed by atoms with Crippen molar-refractivity contribution in [2.24, 2.45) is 0 Å². The lowest BCUT2D eigenvalue weighted by Crippen LogP contribution is -2.32. The molecule has 1 saturated heterocycles. The molecule has 0 saturated carbocycles. The zero-order chi connectivity index (χ0) is 28.5. The fourth-order valence-electron chi connectivity index (χ4n) is 5.47. The standard InChI is InChI=1S/C32H31N5O3S/c1-35(2)32(40)27-20-21-14-18-37(26-13-4-3-11-24(26)28(21)41-27)31(39)22-9-7-10-23(19-22)34-30(38)25-12-8-15-33-29(25)36-16-5-6-17-36/h3-4,7-13,15,19-20H,5-6,14,16-18H2,1-2H3,(H,34,38). The average Bonchev–Trinajstić information content (AvgIpc) is 3.65. The molecule has 1 fully saturated rings. The number of hydrogen-bond acceptors (Lipinski definition) is 6. The van der Waals surface area contributed by atoms with Gasteiger partial charge in [-0.25, -0.2) is 4.98 Å². The topological polar surface area (TPSA) is 85.8 Å². The molecule has 2 aliphatic heterocycles. The van der Waals surface area contributed by atoms with Crippen LogP contribution in [0.1, 0.15) is 48.8 Å². The van der Waals surface area contributed by atoms with Gasteiger partial charge in [-0.05, 0) is 67.3 Å². The van der Waals surface area contributed by atoms with E-state index < -0.39 is 0 Å². The largest absolute Gasteiger partial charge is 0.356 e. The number of carbonyl (C=O) groups excluding carboxylic acids is 3. The number of para-hydroxylation sites is 1. The second-order valence-electron chi connectivity index (χ2n) is 10.5. The van der Waals surface area contributed by atoms with Crippen LogP contribution in [0.3, 0.4) is 0 Å². The van der Waals surface area contributed by atoms with Gasteiger partial charge in [0.15, 0.2) is 0 Å². The summed E-state index contributed by atoms with van der Waals surface area (Å²) in [5.41, 5.74) is 4.36. The highest BCUT2D eigenvalue weighted by Gasteiger charge is 2.28. The third-order valence-electron chi connectivity index (χ3n) is 7.52.